The Balaban J connectivity index is 1.47. The molecule has 0 unspecified atom stereocenters. The lowest BCUT2D eigenvalue weighted by Gasteiger charge is -2.48. The topological polar surface area (TPSA) is 132 Å². The lowest BCUT2D eigenvalue weighted by molar-refractivity contribution is 0.341. The van der Waals surface area contributed by atoms with Crippen molar-refractivity contribution in [2.75, 3.05) is 22.5 Å². The van der Waals surface area contributed by atoms with Gasteiger partial charge in [0.2, 0.25) is 10.0 Å². The molecule has 0 amide bonds. The Morgan fingerprint density at radius 3 is 2.65 bits per heavy atom. The first-order valence-electron chi connectivity index (χ1n) is 12.3. The Kier molecular flexibility index (Phi) is 6.36. The lowest BCUT2D eigenvalue weighted by Crippen LogP contribution is -2.57. The maximum atomic E-state index is 11.6. The molecule has 10 nitrogen and oxygen atoms in total. The Morgan fingerprint density at radius 2 is 2.00 bits per heavy atom. The van der Waals surface area contributed by atoms with Gasteiger partial charge in [-0.25, -0.2) is 23.5 Å². The van der Waals surface area contributed by atoms with Crippen LogP contribution in [0.15, 0.2) is 42.9 Å². The molecule has 2 atom stereocenters. The van der Waals surface area contributed by atoms with Gasteiger partial charge in [0.25, 0.3) is 0 Å². The summed E-state index contributed by atoms with van der Waals surface area (Å²) >= 11 is 0. The van der Waals surface area contributed by atoms with Crippen LogP contribution in [0.2, 0.25) is 0 Å². The van der Waals surface area contributed by atoms with Gasteiger partial charge in [-0.3, -0.25) is 9.67 Å². The van der Waals surface area contributed by atoms with Gasteiger partial charge in [-0.2, -0.15) is 5.10 Å². The minimum Gasteiger partial charge on any atom is -0.366 e. The van der Waals surface area contributed by atoms with Gasteiger partial charge in [-0.1, -0.05) is 19.9 Å². The van der Waals surface area contributed by atoms with Gasteiger partial charge < -0.3 is 10.2 Å². The molecule has 4 aromatic rings. The van der Waals surface area contributed by atoms with E-state index in [1.54, 1.807) is 17.1 Å². The van der Waals surface area contributed by atoms with Crippen LogP contribution in [0.5, 0.6) is 0 Å². The number of benzene rings is 1. The van der Waals surface area contributed by atoms with Crippen molar-refractivity contribution in [2.24, 2.45) is 18.1 Å². The molecule has 0 spiro atoms. The number of aromatic nitrogens is 5. The summed E-state index contributed by atoms with van der Waals surface area (Å²) in [6.07, 6.45) is 5.44. The number of fused-ring (bicyclic) bond motifs is 1. The van der Waals surface area contributed by atoms with Crippen molar-refractivity contribution in [2.45, 2.75) is 39.7 Å². The summed E-state index contributed by atoms with van der Waals surface area (Å²) < 4.78 is 24.9. The Hall–Kier alpha value is -3.57. The number of nitrogens with two attached hydrogens (primary N) is 1. The van der Waals surface area contributed by atoms with Gasteiger partial charge in [0.1, 0.15) is 5.82 Å². The second-order valence-corrected chi connectivity index (χ2v) is 11.8. The Bertz CT molecular complexity index is 1580. The van der Waals surface area contributed by atoms with Gasteiger partial charge in [-0.15, -0.1) is 0 Å². The van der Waals surface area contributed by atoms with E-state index in [0.29, 0.717) is 24.1 Å². The van der Waals surface area contributed by atoms with Crippen molar-refractivity contribution in [1.82, 2.24) is 24.7 Å². The normalized spacial score (nSPS) is 17.9. The van der Waals surface area contributed by atoms with E-state index >= 15 is 0 Å². The van der Waals surface area contributed by atoms with Gasteiger partial charge >= 0.3 is 0 Å². The van der Waals surface area contributed by atoms with E-state index in [9.17, 15) is 8.42 Å². The van der Waals surface area contributed by atoms with E-state index in [1.807, 2.05) is 33.2 Å². The van der Waals surface area contributed by atoms with E-state index in [0.717, 1.165) is 33.5 Å². The number of anilines is 3. The van der Waals surface area contributed by atoms with E-state index in [4.69, 9.17) is 15.1 Å². The third-order valence-corrected chi connectivity index (χ3v) is 7.92. The van der Waals surface area contributed by atoms with Crippen LogP contribution in [0, 0.1) is 12.8 Å². The summed E-state index contributed by atoms with van der Waals surface area (Å²) in [6.45, 7) is 8.93. The average Bonchev–Trinajstić information content (AvgIpc) is 3.18. The maximum absolute atomic E-state index is 11.6. The van der Waals surface area contributed by atoms with Gasteiger partial charge in [0.05, 0.1) is 40.1 Å². The predicted molar refractivity (Wildman–Crippen MR) is 146 cm³/mol. The molecule has 1 aromatic carbocycles. The molecule has 1 fully saturated rings. The smallest absolute Gasteiger partial charge is 0.209 e. The fourth-order valence-corrected chi connectivity index (χ4v) is 6.03. The van der Waals surface area contributed by atoms with Crippen LogP contribution in [0.3, 0.4) is 0 Å². The quantitative estimate of drug-likeness (QED) is 0.377. The van der Waals surface area contributed by atoms with Gasteiger partial charge in [0.15, 0.2) is 5.82 Å². The average molecular weight is 521 g/mol. The molecule has 1 aliphatic rings. The van der Waals surface area contributed by atoms with Crippen LogP contribution >= 0.6 is 0 Å². The summed E-state index contributed by atoms with van der Waals surface area (Å²) in [5.74, 6) is 1.57. The van der Waals surface area contributed by atoms with E-state index < -0.39 is 10.0 Å². The first-order chi connectivity index (χ1) is 17.5. The molecule has 11 heteroatoms. The number of nitrogens with zero attached hydrogens (tertiary/aromatic N) is 6. The third-order valence-electron chi connectivity index (χ3n) is 7.03. The van der Waals surface area contributed by atoms with Crippen molar-refractivity contribution in [1.29, 1.82) is 0 Å². The molecule has 0 aliphatic carbocycles. The van der Waals surface area contributed by atoms with Crippen LogP contribution in [0.1, 0.15) is 37.9 Å². The van der Waals surface area contributed by atoms with E-state index in [-0.39, 0.29) is 17.7 Å². The van der Waals surface area contributed by atoms with Crippen LogP contribution in [-0.4, -0.2) is 51.5 Å². The number of primary sulfonamides is 1. The number of aryl methyl sites for hydroxylation is 2. The minimum absolute atomic E-state index is 0.00572. The summed E-state index contributed by atoms with van der Waals surface area (Å²) in [5, 5.41) is 14.1. The largest absolute Gasteiger partial charge is 0.366 e. The molecular formula is C26H32N8O2S. The first-order valence-corrected chi connectivity index (χ1v) is 14.0. The molecular weight excluding hydrogens is 488 g/mol. The van der Waals surface area contributed by atoms with Crippen LogP contribution in [-0.2, 0) is 17.1 Å². The number of nitrogens with one attached hydrogen (secondary N) is 1. The van der Waals surface area contributed by atoms with E-state index in [1.165, 1.54) is 5.56 Å². The minimum atomic E-state index is -3.51. The zero-order valence-corrected chi connectivity index (χ0v) is 22.5. The highest BCUT2D eigenvalue weighted by Gasteiger charge is 2.38. The molecule has 5 rings (SSSR count). The zero-order chi connectivity index (χ0) is 26.5. The van der Waals surface area contributed by atoms with Crippen molar-refractivity contribution in [3.05, 3.63) is 54.1 Å². The fraction of sp³-hybridized carbons (Fsp3) is 0.385. The Labute approximate surface area is 217 Å². The van der Waals surface area contributed by atoms with E-state index in [2.05, 4.69) is 52.3 Å². The number of hydrogen-bond acceptors (Lipinski definition) is 8. The van der Waals surface area contributed by atoms with Crippen molar-refractivity contribution >= 4 is 38.1 Å². The zero-order valence-electron chi connectivity index (χ0n) is 21.7. The van der Waals surface area contributed by atoms with Crippen LogP contribution in [0.4, 0.5) is 17.2 Å². The second-order valence-electron chi connectivity index (χ2n) is 10.1. The Morgan fingerprint density at radius 1 is 1.22 bits per heavy atom. The van der Waals surface area contributed by atoms with Crippen molar-refractivity contribution in [3.63, 3.8) is 0 Å². The molecule has 4 heterocycles. The number of rotatable bonds is 7. The highest BCUT2D eigenvalue weighted by molar-refractivity contribution is 7.89. The highest BCUT2D eigenvalue weighted by atomic mass is 32.2. The predicted octanol–water partition coefficient (Wildman–Crippen LogP) is 3.71. The lowest BCUT2D eigenvalue weighted by atomic mass is 9.89. The van der Waals surface area contributed by atoms with Gasteiger partial charge in [0, 0.05) is 43.3 Å². The molecule has 0 radical (unpaired) electrons. The standard InChI is InChI=1S/C26H32N8O2S/c1-15(2)20-6-7-23(34-12-18(17(34)4)14-37(27,35)36)25-21(20)10-19(11-29-25)30-24-8-9-28-26(31-24)22-13-33(5)32-16(22)3/h6-11,13,15,17-18H,12,14H2,1-5H3,(H2,27,35,36)(H,28,30,31)/t17-,18-/m1/s1. The summed E-state index contributed by atoms with van der Waals surface area (Å²) in [6, 6.07) is 8.22. The first kappa shape index (κ1) is 25.1. The fourth-order valence-electron chi connectivity index (χ4n) is 5.05. The molecule has 37 heavy (non-hydrogen) atoms. The van der Waals surface area contributed by atoms with Crippen molar-refractivity contribution < 1.29 is 8.42 Å². The van der Waals surface area contributed by atoms with Crippen molar-refractivity contribution in [3.8, 4) is 11.4 Å². The molecule has 1 aliphatic heterocycles. The molecule has 3 N–H and O–H groups in total. The maximum Gasteiger partial charge on any atom is 0.209 e. The second kappa shape index (κ2) is 9.38. The molecule has 1 saturated heterocycles. The highest BCUT2D eigenvalue weighted by Crippen LogP contribution is 2.39. The molecule has 3 aromatic heterocycles. The van der Waals surface area contributed by atoms with Crippen LogP contribution in [0.25, 0.3) is 22.3 Å². The molecule has 194 valence electrons. The monoisotopic (exact) mass is 520 g/mol. The van der Waals surface area contributed by atoms with Gasteiger partial charge in [-0.05, 0) is 43.5 Å². The third kappa shape index (κ3) is 5.01. The van der Waals surface area contributed by atoms with Crippen LogP contribution < -0.4 is 15.4 Å². The summed E-state index contributed by atoms with van der Waals surface area (Å²) in [5.41, 5.74) is 5.67. The number of hydrogen-bond donors (Lipinski definition) is 2. The number of sulfonamides is 1. The summed E-state index contributed by atoms with van der Waals surface area (Å²) in [7, 11) is -1.63. The molecule has 0 saturated carbocycles. The number of pyridine rings is 1. The SMILES string of the molecule is Cc1nn(C)cc1-c1nccc(Nc2cnc3c(N4C[C@H](CS(N)(=O)=O)[C@H]4C)ccc(C(C)C)c3c2)n1. The summed E-state index contributed by atoms with van der Waals surface area (Å²) in [4.78, 5) is 16.2. The molecule has 0 bridgehead atoms.